The molecule has 36 heavy (non-hydrogen) atoms. The third-order valence-electron chi connectivity index (χ3n) is 5.66. The van der Waals surface area contributed by atoms with E-state index in [1.807, 2.05) is 24.3 Å². The van der Waals surface area contributed by atoms with Crippen LogP contribution in [0.5, 0.6) is 0 Å². The van der Waals surface area contributed by atoms with Gasteiger partial charge in [-0.1, -0.05) is 6.07 Å². The Morgan fingerprint density at radius 2 is 1.69 bits per heavy atom. The summed E-state index contributed by atoms with van der Waals surface area (Å²) in [7, 11) is -2.88. The number of sulfonamides is 1. The number of likely N-dealkylation sites (N-methyl/N-ethyl adjacent to an activating group) is 1. The van der Waals surface area contributed by atoms with Crippen LogP contribution in [0.2, 0.25) is 0 Å². The topological polar surface area (TPSA) is 102 Å². The van der Waals surface area contributed by atoms with Crippen LogP contribution in [0.4, 0.5) is 28.8 Å². The monoisotopic (exact) mass is 518 g/mol. The van der Waals surface area contributed by atoms with Gasteiger partial charge < -0.3 is 20.4 Å². The zero-order valence-corrected chi connectivity index (χ0v) is 20.9. The number of hydrogen-bond donors (Lipinski definition) is 3. The van der Waals surface area contributed by atoms with Gasteiger partial charge in [0.15, 0.2) is 0 Å². The Morgan fingerprint density at radius 1 is 0.972 bits per heavy atom. The first-order valence-corrected chi connectivity index (χ1v) is 12.8. The lowest BCUT2D eigenvalue weighted by molar-refractivity contribution is 0.313. The number of piperazine rings is 1. The molecule has 0 saturated carbocycles. The van der Waals surface area contributed by atoms with Crippen molar-refractivity contribution >= 4 is 38.9 Å². The Bertz CT molecular complexity index is 1570. The Balaban J connectivity index is 1.55. The molecule has 4 rings (SSSR count). The zero-order valence-electron chi connectivity index (χ0n) is 29.0. The lowest BCUT2D eigenvalue weighted by Gasteiger charge is -2.34. The molecule has 0 unspecified atom stereocenters. The summed E-state index contributed by atoms with van der Waals surface area (Å²) in [5.74, 6) is 0.588. The predicted molar refractivity (Wildman–Crippen MR) is 146 cm³/mol. The van der Waals surface area contributed by atoms with Crippen LogP contribution in [0.3, 0.4) is 0 Å². The zero-order chi connectivity index (χ0) is 33.4. The van der Waals surface area contributed by atoms with E-state index in [0.717, 1.165) is 49.7 Å². The number of benzene rings is 2. The quantitative estimate of drug-likeness (QED) is 0.430. The van der Waals surface area contributed by atoms with Crippen LogP contribution < -0.4 is 20.3 Å². The van der Waals surface area contributed by atoms with Crippen molar-refractivity contribution in [1.82, 2.24) is 19.6 Å². The second kappa shape index (κ2) is 10.4. The van der Waals surface area contributed by atoms with E-state index in [-0.39, 0.29) is 11.6 Å². The average Bonchev–Trinajstić information content (AvgIpc) is 2.93. The van der Waals surface area contributed by atoms with Crippen molar-refractivity contribution in [2.45, 2.75) is 37.9 Å². The van der Waals surface area contributed by atoms with Gasteiger partial charge in [0, 0.05) is 72.9 Å². The summed E-state index contributed by atoms with van der Waals surface area (Å²) >= 11 is 0. The standard InChI is InChI=1S/C26H35N7O2S/c1-19-18-27-25(29-20-9-11-22(12-10-20)33-15-13-32(5)14-16-33)30-24(19)28-21-7-6-8-23(17-21)36(34,35)31-26(2,3)4/h6-12,17-18,31H,13-16H2,1-5H3,(H2,27,28,29,30)/i2D3,3D3,4D3. The van der Waals surface area contributed by atoms with Gasteiger partial charge in [-0.3, -0.25) is 0 Å². The van der Waals surface area contributed by atoms with Gasteiger partial charge in [0.05, 0.1) is 4.90 Å². The first-order valence-electron chi connectivity index (χ1n) is 15.8. The molecule has 1 aromatic heterocycles. The van der Waals surface area contributed by atoms with Crippen LogP contribution >= 0.6 is 0 Å². The fraction of sp³-hybridized carbons (Fsp3) is 0.385. The highest BCUT2D eigenvalue weighted by Gasteiger charge is 2.22. The smallest absolute Gasteiger partial charge is 0.241 e. The van der Waals surface area contributed by atoms with Crippen molar-refractivity contribution in [3.63, 3.8) is 0 Å². The van der Waals surface area contributed by atoms with E-state index in [4.69, 9.17) is 12.3 Å². The first kappa shape index (κ1) is 16.5. The summed E-state index contributed by atoms with van der Waals surface area (Å²) in [6, 6.07) is 12.9. The fourth-order valence-corrected chi connectivity index (χ4v) is 4.78. The van der Waals surface area contributed by atoms with Crippen molar-refractivity contribution in [2.75, 3.05) is 48.8 Å². The van der Waals surface area contributed by atoms with Crippen LogP contribution in [0, 0.1) is 6.92 Å². The van der Waals surface area contributed by atoms with Crippen molar-refractivity contribution in [3.8, 4) is 0 Å². The van der Waals surface area contributed by atoms with Crippen molar-refractivity contribution in [1.29, 1.82) is 0 Å². The molecule has 1 saturated heterocycles. The van der Waals surface area contributed by atoms with Gasteiger partial charge in [-0.2, -0.15) is 4.98 Å². The van der Waals surface area contributed by atoms with Gasteiger partial charge in [0.2, 0.25) is 16.0 Å². The summed E-state index contributed by atoms with van der Waals surface area (Å²) in [5, 5.41) is 6.14. The van der Waals surface area contributed by atoms with E-state index in [2.05, 4.69) is 37.4 Å². The summed E-state index contributed by atoms with van der Waals surface area (Å²) in [6.45, 7) is -5.65. The molecule has 0 amide bonds. The van der Waals surface area contributed by atoms with Crippen LogP contribution in [-0.2, 0) is 10.0 Å². The number of aryl methyl sites for hydroxylation is 1. The second-order valence-corrected chi connectivity index (χ2v) is 10.4. The third kappa shape index (κ3) is 6.71. The lowest BCUT2D eigenvalue weighted by Crippen LogP contribution is -2.44. The average molecular weight is 519 g/mol. The third-order valence-corrected chi connectivity index (χ3v) is 7.11. The Kier molecular flexibility index (Phi) is 4.78. The number of nitrogens with one attached hydrogen (secondary N) is 3. The maximum absolute atomic E-state index is 13.3. The van der Waals surface area contributed by atoms with E-state index < -0.39 is 41.0 Å². The molecule has 2 aromatic carbocycles. The minimum atomic E-state index is -4.98. The molecule has 9 nitrogen and oxygen atoms in total. The summed E-state index contributed by atoms with van der Waals surface area (Å²) in [6.07, 6.45) is 1.57. The molecule has 192 valence electrons. The largest absolute Gasteiger partial charge is 0.369 e. The van der Waals surface area contributed by atoms with Crippen LogP contribution in [0.25, 0.3) is 0 Å². The molecule has 0 spiro atoms. The fourth-order valence-electron chi connectivity index (χ4n) is 3.72. The highest BCUT2D eigenvalue weighted by atomic mass is 32.2. The van der Waals surface area contributed by atoms with Crippen LogP contribution in [0.15, 0.2) is 59.6 Å². The maximum atomic E-state index is 13.3. The molecule has 1 aliphatic heterocycles. The molecule has 3 N–H and O–H groups in total. The van der Waals surface area contributed by atoms with Crippen LogP contribution in [-0.4, -0.2) is 62.1 Å². The molecule has 1 fully saturated rings. The molecule has 10 heteroatoms. The highest BCUT2D eigenvalue weighted by Crippen LogP contribution is 2.25. The lowest BCUT2D eigenvalue weighted by atomic mass is 10.1. The number of anilines is 5. The number of hydrogen-bond acceptors (Lipinski definition) is 8. The van der Waals surface area contributed by atoms with Crippen molar-refractivity contribution < 1.29 is 20.8 Å². The van der Waals surface area contributed by atoms with Gasteiger partial charge in [-0.05, 0) is 77.0 Å². The van der Waals surface area contributed by atoms with E-state index in [1.165, 1.54) is 16.9 Å². The van der Waals surface area contributed by atoms with Gasteiger partial charge >= 0.3 is 0 Å². The van der Waals surface area contributed by atoms with Gasteiger partial charge in [0.25, 0.3) is 0 Å². The van der Waals surface area contributed by atoms with Crippen molar-refractivity contribution in [2.24, 2.45) is 0 Å². The van der Waals surface area contributed by atoms with Gasteiger partial charge in [0.1, 0.15) is 5.82 Å². The molecule has 0 bridgehead atoms. The molecule has 2 heterocycles. The highest BCUT2D eigenvalue weighted by molar-refractivity contribution is 7.89. The number of aromatic nitrogens is 2. The first-order chi connectivity index (χ1) is 20.7. The SMILES string of the molecule is [2H]C([2H])([2H])C(NS(=O)(=O)c1cccc(Nc2nc(Nc3ccc(N4CCN(C)CC4)cc3)ncc2C)c1)(C([2H])([2H])[2H])C([2H])([2H])[2H]. The summed E-state index contributed by atoms with van der Waals surface area (Å²) in [4.78, 5) is 12.9. The van der Waals surface area contributed by atoms with Gasteiger partial charge in [-0.15, -0.1) is 0 Å². The molecule has 0 radical (unpaired) electrons. The Hall–Kier alpha value is -3.21. The molecule has 3 aromatic rings. The second-order valence-electron chi connectivity index (χ2n) is 8.70. The maximum Gasteiger partial charge on any atom is 0.241 e. The van der Waals surface area contributed by atoms with Crippen LogP contribution in [0.1, 0.15) is 38.5 Å². The molecule has 0 aliphatic carbocycles. The predicted octanol–water partition coefficient (Wildman–Crippen LogP) is 4.10. The molecule has 0 atom stereocenters. The van der Waals surface area contributed by atoms with E-state index >= 15 is 0 Å². The Morgan fingerprint density at radius 3 is 2.39 bits per heavy atom. The normalized spacial score (nSPS) is 19.8. The minimum absolute atomic E-state index is 0.199. The van der Waals surface area contributed by atoms with Crippen molar-refractivity contribution in [3.05, 3.63) is 60.3 Å². The Labute approximate surface area is 226 Å². The summed E-state index contributed by atoms with van der Waals surface area (Å²) in [5.41, 5.74) is -1.09. The van der Waals surface area contributed by atoms with Gasteiger partial charge in [-0.25, -0.2) is 18.1 Å². The van der Waals surface area contributed by atoms with E-state index in [0.29, 0.717) is 11.4 Å². The number of nitrogens with zero attached hydrogens (tertiary/aromatic N) is 4. The van der Waals surface area contributed by atoms with E-state index in [1.54, 1.807) is 13.1 Å². The van der Waals surface area contributed by atoms with E-state index in [9.17, 15) is 8.42 Å². The minimum Gasteiger partial charge on any atom is -0.369 e. The molecule has 1 aliphatic rings. The molecular formula is C26H35N7O2S. The number of rotatable bonds is 7. The summed E-state index contributed by atoms with van der Waals surface area (Å²) < 4.78 is 97.7. The molecular weight excluding hydrogens is 474 g/mol.